The van der Waals surface area contributed by atoms with Crippen LogP contribution in [0.15, 0.2) is 18.3 Å². The summed E-state index contributed by atoms with van der Waals surface area (Å²) in [4.78, 5) is 4.51. The van der Waals surface area contributed by atoms with Crippen LogP contribution in [0, 0.1) is 5.92 Å². The Balaban J connectivity index is 2.22. The maximum Gasteiger partial charge on any atom is 0.0492 e. The van der Waals surface area contributed by atoms with Crippen LogP contribution in [-0.2, 0) is 6.54 Å². The molecule has 1 atom stereocenters. The van der Waals surface area contributed by atoms with Crippen LogP contribution in [0.1, 0.15) is 37.4 Å². The Kier molecular flexibility index (Phi) is 2.82. The summed E-state index contributed by atoms with van der Waals surface area (Å²) >= 11 is 0. The third kappa shape index (κ3) is 1.95. The fourth-order valence-electron chi connectivity index (χ4n) is 2.21. The van der Waals surface area contributed by atoms with Gasteiger partial charge < -0.3 is 5.32 Å². The van der Waals surface area contributed by atoms with Gasteiger partial charge in [-0.15, -0.1) is 0 Å². The van der Waals surface area contributed by atoms with Crippen LogP contribution >= 0.6 is 0 Å². The van der Waals surface area contributed by atoms with Crippen molar-refractivity contribution in [1.82, 2.24) is 10.3 Å². The van der Waals surface area contributed by atoms with E-state index in [0.717, 1.165) is 19.0 Å². The first-order valence-electron chi connectivity index (χ1n) is 5.42. The second kappa shape index (κ2) is 4.09. The molecule has 2 heterocycles. The maximum absolute atomic E-state index is 4.51. The largest absolute Gasteiger partial charge is 0.312 e. The number of pyridine rings is 1. The molecule has 0 radical (unpaired) electrons. The number of nitrogens with one attached hydrogen (secondary N) is 1. The van der Waals surface area contributed by atoms with Crippen molar-refractivity contribution >= 4 is 0 Å². The van der Waals surface area contributed by atoms with Crippen molar-refractivity contribution < 1.29 is 0 Å². The zero-order chi connectivity index (χ0) is 9.97. The average molecular weight is 190 g/mol. The zero-order valence-corrected chi connectivity index (χ0v) is 8.96. The van der Waals surface area contributed by atoms with E-state index >= 15 is 0 Å². The molecular weight excluding hydrogens is 172 g/mol. The highest BCUT2D eigenvalue weighted by molar-refractivity contribution is 5.25. The van der Waals surface area contributed by atoms with Gasteiger partial charge in [-0.3, -0.25) is 4.98 Å². The molecule has 2 nitrogen and oxygen atoms in total. The molecule has 1 aliphatic rings. The summed E-state index contributed by atoms with van der Waals surface area (Å²) in [6.07, 6.45) is 3.15. The Hall–Kier alpha value is -0.890. The van der Waals surface area contributed by atoms with E-state index in [2.05, 4.69) is 30.2 Å². The van der Waals surface area contributed by atoms with Crippen LogP contribution in [0.3, 0.4) is 0 Å². The van der Waals surface area contributed by atoms with E-state index in [0.29, 0.717) is 5.92 Å². The number of hydrogen-bond acceptors (Lipinski definition) is 2. The normalized spacial score (nSPS) is 20.9. The van der Waals surface area contributed by atoms with Crippen molar-refractivity contribution in [2.24, 2.45) is 5.92 Å². The Bertz CT molecular complexity index is 307. The Labute approximate surface area is 85.7 Å². The molecule has 76 valence electrons. The quantitative estimate of drug-likeness (QED) is 0.774. The molecule has 1 aromatic heterocycles. The smallest absolute Gasteiger partial charge is 0.0492 e. The van der Waals surface area contributed by atoms with Crippen molar-refractivity contribution in [3.05, 3.63) is 29.6 Å². The third-order valence-electron chi connectivity index (χ3n) is 2.77. The first kappa shape index (κ1) is 9.66. The standard InChI is InChI=1S/C12H18N2/c1-9(2)6-11-8-13-7-10-4-3-5-14-12(10)11/h3-5,9,11,13H,6-8H2,1-2H3. The van der Waals surface area contributed by atoms with E-state index in [9.17, 15) is 0 Å². The second-order valence-corrected chi connectivity index (χ2v) is 4.51. The summed E-state index contributed by atoms with van der Waals surface area (Å²) in [6.45, 7) is 6.62. The molecule has 0 amide bonds. The van der Waals surface area contributed by atoms with Gasteiger partial charge in [-0.25, -0.2) is 0 Å². The van der Waals surface area contributed by atoms with E-state index in [-0.39, 0.29) is 0 Å². The Morgan fingerprint density at radius 1 is 1.57 bits per heavy atom. The highest BCUT2D eigenvalue weighted by atomic mass is 14.9. The van der Waals surface area contributed by atoms with Crippen molar-refractivity contribution in [3.8, 4) is 0 Å². The van der Waals surface area contributed by atoms with Crippen molar-refractivity contribution in [2.45, 2.75) is 32.7 Å². The first-order valence-corrected chi connectivity index (χ1v) is 5.42. The van der Waals surface area contributed by atoms with Crippen molar-refractivity contribution in [2.75, 3.05) is 6.54 Å². The van der Waals surface area contributed by atoms with Crippen LogP contribution in [0.25, 0.3) is 0 Å². The first-order chi connectivity index (χ1) is 6.77. The molecule has 2 rings (SSSR count). The molecule has 14 heavy (non-hydrogen) atoms. The molecule has 0 saturated carbocycles. The molecule has 0 saturated heterocycles. The van der Waals surface area contributed by atoms with Crippen LogP contribution in [0.2, 0.25) is 0 Å². The van der Waals surface area contributed by atoms with E-state index in [4.69, 9.17) is 0 Å². The van der Waals surface area contributed by atoms with Crippen LogP contribution < -0.4 is 5.32 Å². The van der Waals surface area contributed by atoms with Crippen molar-refractivity contribution in [1.29, 1.82) is 0 Å². The van der Waals surface area contributed by atoms with Gasteiger partial charge in [0.2, 0.25) is 0 Å². The van der Waals surface area contributed by atoms with Crippen LogP contribution in [0.5, 0.6) is 0 Å². The molecule has 0 aliphatic carbocycles. The van der Waals surface area contributed by atoms with Crippen LogP contribution in [0.4, 0.5) is 0 Å². The highest BCUT2D eigenvalue weighted by Gasteiger charge is 2.21. The van der Waals surface area contributed by atoms with Crippen molar-refractivity contribution in [3.63, 3.8) is 0 Å². The minimum Gasteiger partial charge on any atom is -0.312 e. The molecule has 1 aliphatic heterocycles. The lowest BCUT2D eigenvalue weighted by Crippen LogP contribution is -2.29. The van der Waals surface area contributed by atoms with Crippen LogP contribution in [-0.4, -0.2) is 11.5 Å². The van der Waals surface area contributed by atoms with E-state index in [1.54, 1.807) is 0 Å². The Morgan fingerprint density at radius 2 is 2.43 bits per heavy atom. The topological polar surface area (TPSA) is 24.9 Å². The van der Waals surface area contributed by atoms with Gasteiger partial charge >= 0.3 is 0 Å². The summed E-state index contributed by atoms with van der Waals surface area (Å²) in [5.74, 6) is 1.36. The second-order valence-electron chi connectivity index (χ2n) is 4.51. The van der Waals surface area contributed by atoms with E-state index in [1.165, 1.54) is 17.7 Å². The minimum atomic E-state index is 0.611. The molecule has 2 heteroatoms. The van der Waals surface area contributed by atoms with Gasteiger partial charge in [0.1, 0.15) is 0 Å². The number of nitrogens with zero attached hydrogens (tertiary/aromatic N) is 1. The SMILES string of the molecule is CC(C)CC1CNCc2cccnc21. The lowest BCUT2D eigenvalue weighted by Gasteiger charge is -2.26. The van der Waals surface area contributed by atoms with Gasteiger partial charge in [-0.1, -0.05) is 19.9 Å². The molecular formula is C12H18N2. The summed E-state index contributed by atoms with van der Waals surface area (Å²) in [5.41, 5.74) is 2.70. The van der Waals surface area contributed by atoms with Gasteiger partial charge in [-0.05, 0) is 24.0 Å². The van der Waals surface area contributed by atoms with Gasteiger partial charge in [0.25, 0.3) is 0 Å². The molecule has 0 bridgehead atoms. The number of rotatable bonds is 2. The Morgan fingerprint density at radius 3 is 3.21 bits per heavy atom. The zero-order valence-electron chi connectivity index (χ0n) is 8.96. The van der Waals surface area contributed by atoms with E-state index < -0.39 is 0 Å². The monoisotopic (exact) mass is 190 g/mol. The highest BCUT2D eigenvalue weighted by Crippen LogP contribution is 2.27. The van der Waals surface area contributed by atoms with Gasteiger partial charge in [0, 0.05) is 30.9 Å². The molecule has 1 aromatic rings. The summed E-state index contributed by atoms with van der Waals surface area (Å²) in [7, 11) is 0. The van der Waals surface area contributed by atoms with Gasteiger partial charge in [0.05, 0.1) is 0 Å². The summed E-state index contributed by atoms with van der Waals surface area (Å²) in [5, 5.41) is 3.46. The number of hydrogen-bond donors (Lipinski definition) is 1. The maximum atomic E-state index is 4.51. The van der Waals surface area contributed by atoms with Gasteiger partial charge in [-0.2, -0.15) is 0 Å². The fraction of sp³-hybridized carbons (Fsp3) is 0.583. The molecule has 1 unspecified atom stereocenters. The summed E-state index contributed by atoms with van der Waals surface area (Å²) < 4.78 is 0. The van der Waals surface area contributed by atoms with Gasteiger partial charge in [0.15, 0.2) is 0 Å². The molecule has 0 aromatic carbocycles. The third-order valence-corrected chi connectivity index (χ3v) is 2.77. The lowest BCUT2D eigenvalue weighted by atomic mass is 9.89. The number of fused-ring (bicyclic) bond motifs is 1. The summed E-state index contributed by atoms with van der Waals surface area (Å²) in [6, 6.07) is 4.21. The average Bonchev–Trinajstić information content (AvgIpc) is 2.18. The fourth-order valence-corrected chi connectivity index (χ4v) is 2.21. The minimum absolute atomic E-state index is 0.611. The molecule has 1 N–H and O–H groups in total. The lowest BCUT2D eigenvalue weighted by molar-refractivity contribution is 0.440. The molecule has 0 spiro atoms. The predicted octanol–water partition coefficient (Wildman–Crippen LogP) is 2.31. The van der Waals surface area contributed by atoms with E-state index in [1.807, 2.05) is 12.3 Å². The molecule has 0 fully saturated rings. The predicted molar refractivity (Wildman–Crippen MR) is 58.1 cm³/mol. The number of aromatic nitrogens is 1.